The second-order valence-electron chi connectivity index (χ2n) is 4.73. The van der Waals surface area contributed by atoms with Gasteiger partial charge in [-0.05, 0) is 26.0 Å². The average Bonchev–Trinajstić information content (AvgIpc) is 2.60. The molecule has 6 heteroatoms. The van der Waals surface area contributed by atoms with Gasteiger partial charge in [-0.2, -0.15) is 0 Å². The van der Waals surface area contributed by atoms with Crippen molar-refractivity contribution < 1.29 is 13.2 Å². The third-order valence-electron chi connectivity index (χ3n) is 2.83. The molecule has 5 nitrogen and oxygen atoms in total. The van der Waals surface area contributed by atoms with Crippen LogP contribution in [0.25, 0.3) is 0 Å². The first-order valence-electron chi connectivity index (χ1n) is 5.57. The van der Waals surface area contributed by atoms with E-state index in [-0.39, 0.29) is 4.90 Å². The number of ether oxygens (including phenoxy) is 1. The molecule has 1 heterocycles. The molecule has 0 aromatic heterocycles. The predicted octanol–water partition coefficient (Wildman–Crippen LogP) is 1.15. The van der Waals surface area contributed by atoms with E-state index in [9.17, 15) is 8.42 Å². The zero-order chi connectivity index (χ0) is 13.4. The maximum atomic E-state index is 11.8. The molecule has 0 atom stereocenters. The number of sulfonamides is 1. The molecule has 0 spiro atoms. The molecule has 98 valence electrons. The number of rotatable bonds is 3. The Bertz CT molecular complexity index is 591. The van der Waals surface area contributed by atoms with E-state index in [0.29, 0.717) is 17.9 Å². The molecule has 0 unspecified atom stereocenters. The lowest BCUT2D eigenvalue weighted by Crippen LogP contribution is -2.29. The van der Waals surface area contributed by atoms with Gasteiger partial charge in [0.2, 0.25) is 0 Å². The van der Waals surface area contributed by atoms with Crippen molar-refractivity contribution >= 4 is 15.9 Å². The van der Waals surface area contributed by atoms with Crippen LogP contribution in [0.15, 0.2) is 34.2 Å². The van der Waals surface area contributed by atoms with Crippen LogP contribution in [0, 0.1) is 0 Å². The van der Waals surface area contributed by atoms with Crippen LogP contribution in [0.5, 0.6) is 0 Å². The summed E-state index contributed by atoms with van der Waals surface area (Å²) in [4.78, 5) is 4.58. The van der Waals surface area contributed by atoms with E-state index in [2.05, 4.69) is 9.71 Å². The van der Waals surface area contributed by atoms with Crippen LogP contribution in [-0.2, 0) is 14.8 Å². The fraction of sp³-hybridized carbons (Fsp3) is 0.417. The highest BCUT2D eigenvalue weighted by Crippen LogP contribution is 2.22. The number of nitrogens with zero attached hydrogens (tertiary/aromatic N) is 1. The van der Waals surface area contributed by atoms with E-state index < -0.39 is 15.6 Å². The van der Waals surface area contributed by atoms with E-state index in [1.54, 1.807) is 31.4 Å². The summed E-state index contributed by atoms with van der Waals surface area (Å²) < 4.78 is 31.4. The van der Waals surface area contributed by atoms with Gasteiger partial charge < -0.3 is 4.74 Å². The Morgan fingerprint density at radius 1 is 1.33 bits per heavy atom. The van der Waals surface area contributed by atoms with E-state index in [1.807, 2.05) is 13.8 Å². The molecule has 1 aliphatic rings. The Hall–Kier alpha value is -1.40. The van der Waals surface area contributed by atoms with Gasteiger partial charge in [0.25, 0.3) is 10.0 Å². The summed E-state index contributed by atoms with van der Waals surface area (Å²) in [6.07, 6.45) is 0. The molecule has 0 radical (unpaired) electrons. The van der Waals surface area contributed by atoms with Gasteiger partial charge in [0, 0.05) is 12.7 Å². The van der Waals surface area contributed by atoms with Crippen LogP contribution in [0.1, 0.15) is 19.4 Å². The minimum absolute atomic E-state index is 0.277. The number of methoxy groups -OCH3 is 1. The van der Waals surface area contributed by atoms with Gasteiger partial charge in [0.1, 0.15) is 5.84 Å². The summed E-state index contributed by atoms with van der Waals surface area (Å²) in [5, 5.41) is 0. The molecule has 2 rings (SSSR count). The minimum Gasteiger partial charge on any atom is -0.377 e. The Kier molecular flexibility index (Phi) is 3.16. The summed E-state index contributed by atoms with van der Waals surface area (Å²) in [6, 6.07) is 6.80. The van der Waals surface area contributed by atoms with Crippen LogP contribution in [-0.4, -0.2) is 33.5 Å². The Labute approximate surface area is 107 Å². The number of fused-ring (bicyclic) bond motifs is 1. The molecule has 0 aliphatic carbocycles. The standard InChI is InChI=1S/C12H16N2O3S/c1-12(2,17-3)8-13-11-9-6-4-5-7-10(9)18(15,16)14-11/h4-7H,8H2,1-3H3,(H,13,14). The third-order valence-corrected chi connectivity index (χ3v) is 4.23. The van der Waals surface area contributed by atoms with Crippen molar-refractivity contribution in [3.05, 3.63) is 29.8 Å². The summed E-state index contributed by atoms with van der Waals surface area (Å²) in [5.41, 5.74) is 0.195. The number of amidine groups is 1. The molecule has 1 aromatic rings. The van der Waals surface area contributed by atoms with Crippen molar-refractivity contribution in [2.24, 2.45) is 4.99 Å². The van der Waals surface area contributed by atoms with Gasteiger partial charge in [-0.25, -0.2) is 8.42 Å². The van der Waals surface area contributed by atoms with E-state index in [0.717, 1.165) is 0 Å². The molecule has 0 bridgehead atoms. The molecule has 0 saturated heterocycles. The lowest BCUT2D eigenvalue weighted by Gasteiger charge is -2.20. The summed E-state index contributed by atoms with van der Waals surface area (Å²) in [7, 11) is -1.85. The average molecular weight is 268 g/mol. The molecule has 18 heavy (non-hydrogen) atoms. The molecule has 0 saturated carbocycles. The van der Waals surface area contributed by atoms with Crippen molar-refractivity contribution in [3.8, 4) is 0 Å². The molecule has 1 N–H and O–H groups in total. The van der Waals surface area contributed by atoms with E-state index in [1.165, 1.54) is 0 Å². The lowest BCUT2D eigenvalue weighted by molar-refractivity contribution is 0.0312. The first-order valence-corrected chi connectivity index (χ1v) is 7.06. The molecular weight excluding hydrogens is 252 g/mol. The van der Waals surface area contributed by atoms with Crippen molar-refractivity contribution in [2.45, 2.75) is 24.3 Å². The summed E-state index contributed by atoms with van der Waals surface area (Å²) in [5.74, 6) is 0.385. The fourth-order valence-electron chi connectivity index (χ4n) is 1.59. The minimum atomic E-state index is -3.45. The van der Waals surface area contributed by atoms with Gasteiger partial charge in [-0.1, -0.05) is 12.1 Å². The van der Waals surface area contributed by atoms with Crippen LogP contribution in [0.2, 0.25) is 0 Å². The van der Waals surface area contributed by atoms with Crippen molar-refractivity contribution in [2.75, 3.05) is 13.7 Å². The predicted molar refractivity (Wildman–Crippen MR) is 69.3 cm³/mol. The second kappa shape index (κ2) is 4.37. The first-order chi connectivity index (χ1) is 8.36. The van der Waals surface area contributed by atoms with E-state index >= 15 is 0 Å². The number of nitrogens with one attached hydrogen (secondary N) is 1. The zero-order valence-electron chi connectivity index (χ0n) is 10.6. The smallest absolute Gasteiger partial charge is 0.263 e. The normalized spacial score (nSPS) is 19.6. The zero-order valence-corrected chi connectivity index (χ0v) is 11.4. The van der Waals surface area contributed by atoms with Crippen molar-refractivity contribution in [1.82, 2.24) is 4.72 Å². The summed E-state index contributed by atoms with van der Waals surface area (Å²) in [6.45, 7) is 4.18. The SMILES string of the molecule is COC(C)(C)CN=C1NS(=O)(=O)c2ccccc21. The number of aliphatic imine (C=N–C) groups is 1. The molecule has 0 amide bonds. The number of hydrogen-bond donors (Lipinski definition) is 1. The highest BCUT2D eigenvalue weighted by atomic mass is 32.2. The van der Waals surface area contributed by atoms with Gasteiger partial charge in [0.15, 0.2) is 0 Å². The third kappa shape index (κ3) is 2.39. The molecule has 1 aliphatic heterocycles. The topological polar surface area (TPSA) is 67.8 Å². The number of benzene rings is 1. The van der Waals surface area contributed by atoms with Crippen LogP contribution in [0.3, 0.4) is 0 Å². The van der Waals surface area contributed by atoms with Crippen LogP contribution >= 0.6 is 0 Å². The highest BCUT2D eigenvalue weighted by molar-refractivity contribution is 7.90. The number of hydrogen-bond acceptors (Lipinski definition) is 4. The maximum Gasteiger partial charge on any atom is 0.263 e. The molecule has 1 aromatic carbocycles. The van der Waals surface area contributed by atoms with Gasteiger partial charge in [-0.3, -0.25) is 9.71 Å². The van der Waals surface area contributed by atoms with Crippen LogP contribution < -0.4 is 4.72 Å². The fourth-order valence-corrected chi connectivity index (χ4v) is 2.84. The Morgan fingerprint density at radius 3 is 2.67 bits per heavy atom. The lowest BCUT2D eigenvalue weighted by atomic mass is 10.1. The highest BCUT2D eigenvalue weighted by Gasteiger charge is 2.30. The molecular formula is C12H16N2O3S. The molecule has 0 fully saturated rings. The van der Waals surface area contributed by atoms with Gasteiger partial charge >= 0.3 is 0 Å². The first kappa shape index (κ1) is 13.0. The second-order valence-corrected chi connectivity index (χ2v) is 6.38. The Balaban J connectivity index is 2.37. The quantitative estimate of drug-likeness (QED) is 0.894. The van der Waals surface area contributed by atoms with Crippen LogP contribution in [0.4, 0.5) is 0 Å². The van der Waals surface area contributed by atoms with Crippen molar-refractivity contribution in [1.29, 1.82) is 0 Å². The largest absolute Gasteiger partial charge is 0.377 e. The van der Waals surface area contributed by atoms with Gasteiger partial charge in [-0.15, -0.1) is 0 Å². The van der Waals surface area contributed by atoms with E-state index in [4.69, 9.17) is 4.74 Å². The van der Waals surface area contributed by atoms with Crippen molar-refractivity contribution in [3.63, 3.8) is 0 Å². The summed E-state index contributed by atoms with van der Waals surface area (Å²) >= 11 is 0. The van der Waals surface area contributed by atoms with Gasteiger partial charge in [0.05, 0.1) is 17.0 Å². The Morgan fingerprint density at radius 2 is 2.00 bits per heavy atom. The monoisotopic (exact) mass is 268 g/mol. The maximum absolute atomic E-state index is 11.8.